The zero-order valence-electron chi connectivity index (χ0n) is 33.0. The molecule has 2 aromatic carbocycles. The van der Waals surface area contributed by atoms with Crippen LogP contribution in [0, 0.1) is 0 Å². The minimum atomic E-state index is -0.176. The highest BCUT2D eigenvalue weighted by atomic mass is 16.5. The number of ether oxygens (including phenoxy) is 2. The summed E-state index contributed by atoms with van der Waals surface area (Å²) in [4.78, 5) is 12.8. The summed E-state index contributed by atoms with van der Waals surface area (Å²) in [5, 5.41) is 25.0. The van der Waals surface area contributed by atoms with Gasteiger partial charge in [0.25, 0.3) is 0 Å². The molecule has 0 saturated heterocycles. The first-order valence-electron chi connectivity index (χ1n) is 19.7. The molecule has 1 amide bonds. The van der Waals surface area contributed by atoms with Crippen molar-refractivity contribution in [1.82, 2.24) is 5.32 Å². The van der Waals surface area contributed by atoms with E-state index in [1.807, 2.05) is 0 Å². The number of hydrogen-bond donors (Lipinski definition) is 3. The number of amides is 1. The van der Waals surface area contributed by atoms with Crippen molar-refractivity contribution in [3.05, 3.63) is 52.6 Å². The van der Waals surface area contributed by atoms with E-state index in [2.05, 4.69) is 72.8 Å². The van der Waals surface area contributed by atoms with Gasteiger partial charge in [-0.15, -0.1) is 0 Å². The highest BCUT2D eigenvalue weighted by molar-refractivity contribution is 5.91. The maximum Gasteiger partial charge on any atom is 0.243 e. The van der Waals surface area contributed by atoms with Gasteiger partial charge in [0.05, 0.1) is 13.2 Å². The monoisotopic (exact) mass is 694 g/mol. The molecule has 0 atom stereocenters. The Morgan fingerprint density at radius 2 is 1.08 bits per heavy atom. The Morgan fingerprint density at radius 1 is 0.640 bits per heavy atom. The molecule has 0 radical (unpaired) electrons. The Kier molecular flexibility index (Phi) is 19.5. The molecule has 0 aliphatic carbocycles. The molecule has 2 aromatic rings. The average molecular weight is 694 g/mol. The Labute approximate surface area is 305 Å². The second-order valence-electron chi connectivity index (χ2n) is 16.1. The fraction of sp³-hybridized carbons (Fsp3) is 0.659. The number of carbonyl (C=O) groups is 1. The van der Waals surface area contributed by atoms with Crippen LogP contribution in [-0.2, 0) is 22.0 Å². The lowest BCUT2D eigenvalue weighted by Gasteiger charge is -2.28. The van der Waals surface area contributed by atoms with Crippen LogP contribution in [0.15, 0.2) is 30.3 Å². The number of hydrogen-bond acceptors (Lipinski definition) is 5. The van der Waals surface area contributed by atoms with Gasteiger partial charge in [0.15, 0.2) is 11.5 Å². The van der Waals surface area contributed by atoms with Crippen molar-refractivity contribution in [2.45, 2.75) is 169 Å². The molecule has 0 fully saturated rings. The van der Waals surface area contributed by atoms with E-state index in [4.69, 9.17) is 9.47 Å². The first kappa shape index (κ1) is 43.0. The topological polar surface area (TPSA) is 88.0 Å². The number of aryl methyl sites for hydroxylation is 1. The standard InChI is InChI=1S/C44H71NO5/c1-9-11-13-15-17-19-21-28-49-38-32-35(33-39(42(38)48)50-29-22-20-18-16-14-12-10-2)25-26-40(46)45-27-23-24-34-30-36(43(3,4)5)41(47)37(31-34)44(6,7)8/h25-26,30-33,47-48H,9-24,27-29H2,1-8H3,(H,45,46). The number of carbonyl (C=O) groups excluding carboxylic acids is 1. The van der Waals surface area contributed by atoms with Crippen LogP contribution in [0.3, 0.4) is 0 Å². The third kappa shape index (κ3) is 16.2. The summed E-state index contributed by atoms with van der Waals surface area (Å²) in [6, 6.07) is 7.78. The summed E-state index contributed by atoms with van der Waals surface area (Å²) < 4.78 is 12.1. The van der Waals surface area contributed by atoms with Gasteiger partial charge in [0.2, 0.25) is 11.7 Å². The zero-order chi connectivity index (χ0) is 37.0. The number of phenolic OH excluding ortho intramolecular Hbond substituents is 2. The molecule has 50 heavy (non-hydrogen) atoms. The van der Waals surface area contributed by atoms with Crippen molar-refractivity contribution in [3.8, 4) is 23.0 Å². The van der Waals surface area contributed by atoms with Gasteiger partial charge in [-0.3, -0.25) is 4.79 Å². The predicted molar refractivity (Wildman–Crippen MR) is 211 cm³/mol. The summed E-state index contributed by atoms with van der Waals surface area (Å²) in [5.74, 6) is 1.03. The molecule has 6 heteroatoms. The van der Waals surface area contributed by atoms with Crippen LogP contribution in [0.2, 0.25) is 0 Å². The van der Waals surface area contributed by atoms with Gasteiger partial charge in [-0.25, -0.2) is 0 Å². The summed E-state index contributed by atoms with van der Waals surface area (Å²) >= 11 is 0. The summed E-state index contributed by atoms with van der Waals surface area (Å²) in [5.41, 5.74) is 3.47. The number of unbranched alkanes of at least 4 members (excludes halogenated alkanes) is 12. The smallest absolute Gasteiger partial charge is 0.243 e. The molecule has 0 unspecified atom stereocenters. The van der Waals surface area contributed by atoms with Crippen molar-refractivity contribution in [2.75, 3.05) is 19.8 Å². The van der Waals surface area contributed by atoms with Crippen molar-refractivity contribution in [1.29, 1.82) is 0 Å². The van der Waals surface area contributed by atoms with E-state index in [0.29, 0.717) is 37.0 Å². The molecule has 2 rings (SSSR count). The third-order valence-electron chi connectivity index (χ3n) is 9.23. The molecule has 0 heterocycles. The Hall–Kier alpha value is -3.15. The van der Waals surface area contributed by atoms with Crippen LogP contribution in [-0.4, -0.2) is 35.9 Å². The van der Waals surface area contributed by atoms with E-state index >= 15 is 0 Å². The van der Waals surface area contributed by atoms with Gasteiger partial charge < -0.3 is 25.0 Å². The maximum absolute atomic E-state index is 12.8. The second kappa shape index (κ2) is 22.6. The molecular weight excluding hydrogens is 622 g/mol. The highest BCUT2D eigenvalue weighted by Crippen LogP contribution is 2.40. The van der Waals surface area contributed by atoms with Crippen molar-refractivity contribution < 1.29 is 24.5 Å². The fourth-order valence-corrected chi connectivity index (χ4v) is 6.12. The minimum Gasteiger partial charge on any atom is -0.507 e. The third-order valence-corrected chi connectivity index (χ3v) is 9.23. The molecule has 0 bridgehead atoms. The largest absolute Gasteiger partial charge is 0.507 e. The lowest BCUT2D eigenvalue weighted by Crippen LogP contribution is -2.22. The first-order valence-corrected chi connectivity index (χ1v) is 19.7. The van der Waals surface area contributed by atoms with Gasteiger partial charge >= 0.3 is 0 Å². The van der Waals surface area contributed by atoms with Crippen LogP contribution in [0.1, 0.15) is 174 Å². The number of aromatic hydroxyl groups is 2. The van der Waals surface area contributed by atoms with Gasteiger partial charge in [-0.2, -0.15) is 0 Å². The molecule has 0 aliphatic heterocycles. The summed E-state index contributed by atoms with van der Waals surface area (Å²) in [6.45, 7) is 18.8. The second-order valence-corrected chi connectivity index (χ2v) is 16.1. The van der Waals surface area contributed by atoms with Gasteiger partial charge in [0.1, 0.15) is 5.75 Å². The molecule has 0 aromatic heterocycles. The van der Waals surface area contributed by atoms with Gasteiger partial charge in [-0.05, 0) is 77.0 Å². The number of nitrogens with one attached hydrogen (secondary N) is 1. The van der Waals surface area contributed by atoms with E-state index in [9.17, 15) is 15.0 Å². The quantitative estimate of drug-likeness (QED) is 0.0752. The van der Waals surface area contributed by atoms with E-state index in [-0.39, 0.29) is 22.5 Å². The number of rotatable bonds is 24. The summed E-state index contributed by atoms with van der Waals surface area (Å²) in [6.07, 6.45) is 21.5. The molecular formula is C44H71NO5. The van der Waals surface area contributed by atoms with Crippen molar-refractivity contribution in [2.24, 2.45) is 0 Å². The van der Waals surface area contributed by atoms with Crippen molar-refractivity contribution >= 4 is 12.0 Å². The van der Waals surface area contributed by atoms with Crippen LogP contribution in [0.4, 0.5) is 0 Å². The summed E-state index contributed by atoms with van der Waals surface area (Å²) in [7, 11) is 0. The average Bonchev–Trinajstić information content (AvgIpc) is 3.05. The van der Waals surface area contributed by atoms with Crippen molar-refractivity contribution in [3.63, 3.8) is 0 Å². The van der Waals surface area contributed by atoms with Gasteiger partial charge in [-0.1, -0.05) is 145 Å². The normalized spacial score (nSPS) is 12.1. The van der Waals surface area contributed by atoms with E-state index < -0.39 is 0 Å². The SMILES string of the molecule is CCCCCCCCCOc1cc(C=CC(=O)NCCCc2cc(C(C)(C)C)c(O)c(C(C)(C)C)c2)cc(OCCCCCCCCC)c1O. The fourth-order valence-electron chi connectivity index (χ4n) is 6.12. The van der Waals surface area contributed by atoms with Crippen LogP contribution in [0.5, 0.6) is 23.0 Å². The van der Waals surface area contributed by atoms with Crippen LogP contribution >= 0.6 is 0 Å². The molecule has 0 spiro atoms. The molecule has 0 aliphatic rings. The lowest BCUT2D eigenvalue weighted by atomic mass is 9.78. The number of benzene rings is 2. The molecule has 3 N–H and O–H groups in total. The Balaban J connectivity index is 2.01. The van der Waals surface area contributed by atoms with E-state index in [1.54, 1.807) is 18.2 Å². The maximum atomic E-state index is 12.8. The highest BCUT2D eigenvalue weighted by Gasteiger charge is 2.26. The van der Waals surface area contributed by atoms with E-state index in [1.165, 1.54) is 75.8 Å². The molecule has 0 saturated carbocycles. The van der Waals surface area contributed by atoms with E-state index in [0.717, 1.165) is 55.2 Å². The van der Waals surface area contributed by atoms with Crippen LogP contribution < -0.4 is 14.8 Å². The minimum absolute atomic E-state index is 0.0240. The zero-order valence-corrected chi connectivity index (χ0v) is 33.0. The Bertz CT molecular complexity index is 1220. The number of phenols is 2. The lowest BCUT2D eigenvalue weighted by molar-refractivity contribution is -0.116. The predicted octanol–water partition coefficient (Wildman–Crippen LogP) is 11.7. The molecule has 282 valence electrons. The Morgan fingerprint density at radius 3 is 1.52 bits per heavy atom. The molecule has 6 nitrogen and oxygen atoms in total. The van der Waals surface area contributed by atoms with Gasteiger partial charge in [0, 0.05) is 12.6 Å². The van der Waals surface area contributed by atoms with Crippen LogP contribution in [0.25, 0.3) is 6.08 Å². The first-order chi connectivity index (χ1) is 23.8.